The lowest BCUT2D eigenvalue weighted by atomic mass is 9.95. The molecule has 166 valence electrons. The molecule has 4 aromatic rings. The first-order chi connectivity index (χ1) is 15.5. The predicted molar refractivity (Wildman–Crippen MR) is 135 cm³/mol. The van der Waals surface area contributed by atoms with E-state index in [-0.39, 0.29) is 5.91 Å². The van der Waals surface area contributed by atoms with Crippen molar-refractivity contribution < 1.29 is 4.79 Å². The summed E-state index contributed by atoms with van der Waals surface area (Å²) in [6, 6.07) is 15.2. The third-order valence-corrected chi connectivity index (χ3v) is 8.03. The van der Waals surface area contributed by atoms with Crippen LogP contribution in [0.2, 0.25) is 0 Å². The lowest BCUT2D eigenvalue weighted by Crippen LogP contribution is -2.23. The first kappa shape index (κ1) is 21.2. The molecule has 0 bridgehead atoms. The molecule has 1 amide bonds. The van der Waals surface area contributed by atoms with Crippen molar-refractivity contribution in [2.24, 2.45) is 7.05 Å². The largest absolute Gasteiger partial charge is 0.350 e. The van der Waals surface area contributed by atoms with Crippen molar-refractivity contribution in [2.75, 3.05) is 27.2 Å². The number of benzene rings is 2. The highest BCUT2D eigenvalue weighted by Crippen LogP contribution is 2.41. The van der Waals surface area contributed by atoms with Gasteiger partial charge in [-0.1, -0.05) is 43.3 Å². The van der Waals surface area contributed by atoms with Crippen LogP contribution in [0.1, 0.15) is 45.6 Å². The second-order valence-electron chi connectivity index (χ2n) is 9.19. The predicted octanol–water partition coefficient (Wildman–Crippen LogP) is 5.65. The van der Waals surface area contributed by atoms with Gasteiger partial charge in [0.1, 0.15) is 0 Å². The number of hydrogen-bond donors (Lipinski definition) is 0. The minimum absolute atomic E-state index is 0.126. The van der Waals surface area contributed by atoms with E-state index in [9.17, 15) is 4.79 Å². The number of amides is 1. The maximum atomic E-state index is 13.0. The maximum Gasteiger partial charge on any atom is 0.263 e. The molecule has 3 heterocycles. The molecule has 32 heavy (non-hydrogen) atoms. The van der Waals surface area contributed by atoms with Gasteiger partial charge in [-0.25, -0.2) is 0 Å². The smallest absolute Gasteiger partial charge is 0.263 e. The molecule has 1 aliphatic heterocycles. The van der Waals surface area contributed by atoms with E-state index in [1.165, 1.54) is 37.7 Å². The lowest BCUT2D eigenvalue weighted by molar-refractivity contribution is 0.0831. The third-order valence-electron chi connectivity index (χ3n) is 6.86. The van der Waals surface area contributed by atoms with Crippen LogP contribution >= 0.6 is 11.3 Å². The van der Waals surface area contributed by atoms with Gasteiger partial charge in [0.05, 0.1) is 10.4 Å². The summed E-state index contributed by atoms with van der Waals surface area (Å²) >= 11 is 1.65. The minimum atomic E-state index is 0.126. The molecule has 0 N–H and O–H groups in total. The molecule has 1 atom stereocenters. The van der Waals surface area contributed by atoms with Gasteiger partial charge in [0, 0.05) is 56.4 Å². The fourth-order valence-corrected chi connectivity index (χ4v) is 6.64. The second kappa shape index (κ2) is 8.38. The van der Waals surface area contributed by atoms with Gasteiger partial charge in [0.15, 0.2) is 0 Å². The Morgan fingerprint density at radius 2 is 1.88 bits per heavy atom. The number of thiophene rings is 1. The molecule has 1 fully saturated rings. The van der Waals surface area contributed by atoms with Gasteiger partial charge >= 0.3 is 0 Å². The number of carbonyl (C=O) groups excluding carboxylic acids is 1. The Morgan fingerprint density at radius 3 is 2.66 bits per heavy atom. The molecule has 4 nitrogen and oxygen atoms in total. The zero-order chi connectivity index (χ0) is 22.4. The topological polar surface area (TPSA) is 28.5 Å². The number of fused-ring (bicyclic) bond motifs is 2. The molecular formula is C27H31N3OS. The molecule has 0 aliphatic carbocycles. The molecule has 1 unspecified atom stereocenters. The fourth-order valence-electron chi connectivity index (χ4n) is 5.33. The third kappa shape index (κ3) is 3.54. The number of nitrogens with zero attached hydrogens (tertiary/aromatic N) is 3. The van der Waals surface area contributed by atoms with E-state index < -0.39 is 0 Å². The molecule has 2 aromatic carbocycles. The van der Waals surface area contributed by atoms with E-state index in [1.54, 1.807) is 16.2 Å². The molecule has 0 spiro atoms. The van der Waals surface area contributed by atoms with Crippen LogP contribution in [0.4, 0.5) is 0 Å². The van der Waals surface area contributed by atoms with Crippen LogP contribution in [0.5, 0.6) is 0 Å². The SMILES string of the molecule is CCc1cccc2c(CN3CCC(c4c(C(=O)N(C)C)sc5ccccc45)C3)cn(C)c12. The highest BCUT2D eigenvalue weighted by molar-refractivity contribution is 7.21. The average molecular weight is 446 g/mol. The van der Waals surface area contributed by atoms with Crippen molar-refractivity contribution in [3.05, 3.63) is 70.2 Å². The maximum absolute atomic E-state index is 13.0. The molecule has 1 saturated heterocycles. The van der Waals surface area contributed by atoms with Gasteiger partial charge in [-0.05, 0) is 47.5 Å². The van der Waals surface area contributed by atoms with E-state index >= 15 is 0 Å². The summed E-state index contributed by atoms with van der Waals surface area (Å²) in [5.74, 6) is 0.520. The normalized spacial score (nSPS) is 16.9. The van der Waals surface area contributed by atoms with Crippen LogP contribution in [0.15, 0.2) is 48.7 Å². The summed E-state index contributed by atoms with van der Waals surface area (Å²) < 4.78 is 3.50. The Balaban J connectivity index is 1.45. The van der Waals surface area contributed by atoms with E-state index in [0.717, 1.165) is 37.4 Å². The number of para-hydroxylation sites is 1. The minimum Gasteiger partial charge on any atom is -0.350 e. The standard InChI is InChI=1S/C27H31N3OS/c1-5-18-9-8-11-21-20(15-29(4)25(18)21)17-30-14-13-19(16-30)24-22-10-6-7-12-23(22)32-26(24)27(31)28(2)3/h6-12,15,19H,5,13-14,16-17H2,1-4H3. The Hall–Kier alpha value is -2.63. The fraction of sp³-hybridized carbons (Fsp3) is 0.370. The summed E-state index contributed by atoms with van der Waals surface area (Å²) in [5, 5.41) is 2.63. The van der Waals surface area contributed by atoms with E-state index in [2.05, 4.69) is 72.1 Å². The van der Waals surface area contributed by atoms with Crippen molar-refractivity contribution in [2.45, 2.75) is 32.2 Å². The van der Waals surface area contributed by atoms with Gasteiger partial charge in [-0.2, -0.15) is 0 Å². The van der Waals surface area contributed by atoms with Crippen molar-refractivity contribution in [3.63, 3.8) is 0 Å². The zero-order valence-corrected chi connectivity index (χ0v) is 20.2. The van der Waals surface area contributed by atoms with Gasteiger partial charge in [0.25, 0.3) is 5.91 Å². The van der Waals surface area contributed by atoms with Gasteiger partial charge in [-0.3, -0.25) is 9.69 Å². The molecular weight excluding hydrogens is 414 g/mol. The molecule has 5 rings (SSSR count). The number of rotatable bonds is 5. The zero-order valence-electron chi connectivity index (χ0n) is 19.4. The first-order valence-electron chi connectivity index (χ1n) is 11.5. The molecule has 0 saturated carbocycles. The van der Waals surface area contributed by atoms with Crippen LogP contribution < -0.4 is 0 Å². The van der Waals surface area contributed by atoms with Crippen molar-refractivity contribution in [1.29, 1.82) is 0 Å². The molecule has 2 aromatic heterocycles. The Kier molecular flexibility index (Phi) is 5.56. The van der Waals surface area contributed by atoms with E-state index in [4.69, 9.17) is 0 Å². The van der Waals surface area contributed by atoms with Crippen LogP contribution in [0, 0.1) is 0 Å². The number of aromatic nitrogens is 1. The number of aryl methyl sites for hydroxylation is 2. The average Bonchev–Trinajstić information content (AvgIpc) is 3.49. The number of carbonyl (C=O) groups is 1. The summed E-state index contributed by atoms with van der Waals surface area (Å²) in [6.45, 7) is 5.25. The van der Waals surface area contributed by atoms with Crippen LogP contribution in [-0.2, 0) is 20.0 Å². The van der Waals surface area contributed by atoms with Crippen LogP contribution in [0.3, 0.4) is 0 Å². The van der Waals surface area contributed by atoms with Crippen LogP contribution in [0.25, 0.3) is 21.0 Å². The highest BCUT2D eigenvalue weighted by Gasteiger charge is 2.31. The summed E-state index contributed by atoms with van der Waals surface area (Å²) in [4.78, 5) is 18.2. The monoisotopic (exact) mass is 445 g/mol. The second-order valence-corrected chi connectivity index (χ2v) is 10.2. The summed E-state index contributed by atoms with van der Waals surface area (Å²) in [7, 11) is 5.86. The number of likely N-dealkylation sites (tertiary alicyclic amines) is 1. The molecule has 1 aliphatic rings. The number of hydrogen-bond acceptors (Lipinski definition) is 3. The summed E-state index contributed by atoms with van der Waals surface area (Å²) in [5.41, 5.74) is 5.44. The molecule has 5 heteroatoms. The Labute approximate surface area is 194 Å². The molecule has 0 radical (unpaired) electrons. The van der Waals surface area contributed by atoms with Crippen LogP contribution in [-0.4, -0.2) is 47.5 Å². The van der Waals surface area contributed by atoms with E-state index in [1.807, 2.05) is 14.1 Å². The Bertz CT molecular complexity index is 1300. The lowest BCUT2D eigenvalue weighted by Gasteiger charge is -2.17. The van der Waals surface area contributed by atoms with Gasteiger partial charge in [-0.15, -0.1) is 11.3 Å². The van der Waals surface area contributed by atoms with E-state index in [0.29, 0.717) is 5.92 Å². The van der Waals surface area contributed by atoms with Gasteiger partial charge < -0.3 is 9.47 Å². The quantitative estimate of drug-likeness (QED) is 0.397. The van der Waals surface area contributed by atoms with Gasteiger partial charge in [0.2, 0.25) is 0 Å². The summed E-state index contributed by atoms with van der Waals surface area (Å²) in [6.07, 6.45) is 4.45. The van der Waals surface area contributed by atoms with Crippen molar-refractivity contribution in [1.82, 2.24) is 14.4 Å². The van der Waals surface area contributed by atoms with Crippen molar-refractivity contribution in [3.8, 4) is 0 Å². The highest BCUT2D eigenvalue weighted by atomic mass is 32.1. The first-order valence-corrected chi connectivity index (χ1v) is 12.3. The Morgan fingerprint density at radius 1 is 1.09 bits per heavy atom. The van der Waals surface area contributed by atoms with Crippen molar-refractivity contribution >= 4 is 38.2 Å².